The van der Waals surface area contributed by atoms with Crippen LogP contribution in [0.4, 0.5) is 0 Å². The van der Waals surface area contributed by atoms with Gasteiger partial charge >= 0.3 is 0 Å². The lowest BCUT2D eigenvalue weighted by molar-refractivity contribution is 0.116. The molecule has 4 aromatic carbocycles. The third kappa shape index (κ3) is 32.9. The smallest absolute Gasteiger partial charge is 0.0737 e. The van der Waals surface area contributed by atoms with Gasteiger partial charge in [-0.05, 0) is 119 Å². The van der Waals surface area contributed by atoms with Crippen molar-refractivity contribution in [3.63, 3.8) is 0 Å². The molecule has 0 atom stereocenters. The highest BCUT2D eigenvalue weighted by atomic mass is 16.5. The first kappa shape index (κ1) is 89.3. The number of nitrogens with one attached hydrogen (secondary N) is 2. The van der Waals surface area contributed by atoms with Crippen molar-refractivity contribution in [3.05, 3.63) is 166 Å². The van der Waals surface area contributed by atoms with Crippen LogP contribution in [-0.4, -0.2) is 46.4 Å². The third-order valence-electron chi connectivity index (χ3n) is 23.4. The van der Waals surface area contributed by atoms with Gasteiger partial charge in [0.2, 0.25) is 0 Å². The average Bonchev–Trinajstić information content (AvgIpc) is 1.61. The summed E-state index contributed by atoms with van der Waals surface area (Å²) >= 11 is 0. The summed E-state index contributed by atoms with van der Waals surface area (Å²) in [6.45, 7) is 14.7. The molecule has 8 nitrogen and oxygen atoms in total. The minimum Gasteiger partial charge on any atom is -0.377 e. The molecule has 5 heterocycles. The summed E-state index contributed by atoms with van der Waals surface area (Å²) in [5.74, 6) is 0. The fourth-order valence-corrected chi connectivity index (χ4v) is 16.4. The summed E-state index contributed by atoms with van der Waals surface area (Å²) in [5.41, 5.74) is 20.7. The van der Waals surface area contributed by atoms with Crippen LogP contribution in [0.3, 0.4) is 0 Å². The average molecular weight is 1520 g/mol. The normalized spacial score (nSPS) is 12.0. The zero-order chi connectivity index (χ0) is 77.8. The van der Waals surface area contributed by atoms with Crippen LogP contribution in [-0.2, 0) is 45.4 Å². The van der Waals surface area contributed by atoms with Crippen molar-refractivity contribution < 1.29 is 18.9 Å². The molecule has 0 saturated heterocycles. The predicted molar refractivity (Wildman–Crippen MR) is 484 cm³/mol. The summed E-state index contributed by atoms with van der Waals surface area (Å²) in [6, 6.07) is 45.0. The molecule has 8 bridgehead atoms. The maximum atomic E-state index is 6.36. The summed E-state index contributed by atoms with van der Waals surface area (Å²) in [7, 11) is 0. The van der Waals surface area contributed by atoms with Crippen molar-refractivity contribution >= 4 is 46.4 Å². The second-order valence-corrected chi connectivity index (χ2v) is 33.1. The van der Waals surface area contributed by atoms with Gasteiger partial charge in [0.05, 0.1) is 49.2 Å². The van der Waals surface area contributed by atoms with Gasteiger partial charge in [0, 0.05) is 70.7 Å². The minimum absolute atomic E-state index is 0.593. The Hall–Kier alpha value is -6.68. The Kier molecular flexibility index (Phi) is 44.4. The monoisotopic (exact) mass is 1520 g/mol. The van der Waals surface area contributed by atoms with Crippen molar-refractivity contribution in [1.82, 2.24) is 19.9 Å². The Labute approximate surface area is 680 Å². The first-order valence-electron chi connectivity index (χ1n) is 46.4. The number of fused-ring (bicyclic) bond motifs is 8. The van der Waals surface area contributed by atoms with E-state index in [0.29, 0.717) is 26.4 Å². The first-order chi connectivity index (χ1) is 55.5. The van der Waals surface area contributed by atoms with E-state index in [1.807, 2.05) is 0 Å². The molecule has 7 aromatic rings. The van der Waals surface area contributed by atoms with E-state index in [1.54, 1.807) is 0 Å². The van der Waals surface area contributed by atoms with E-state index in [-0.39, 0.29) is 0 Å². The Morgan fingerprint density at radius 3 is 0.527 bits per heavy atom. The zero-order valence-corrected chi connectivity index (χ0v) is 71.0. The summed E-state index contributed by atoms with van der Waals surface area (Å²) in [4.78, 5) is 19.5. The topological polar surface area (TPSA) is 94.3 Å². The predicted octanol–water partition coefficient (Wildman–Crippen LogP) is 32.2. The van der Waals surface area contributed by atoms with Crippen LogP contribution in [0.2, 0.25) is 0 Å². The number of hydrogen-bond donors (Lipinski definition) is 2. The fraction of sp³-hybridized carbons (Fsp3) is 0.577. The molecule has 0 saturated carbocycles. The SMILES string of the molecule is CCCCCCCCCCCCCCOCc1ccc(-c2c3nc(c(-c4ccc(COCCCCCCCCCCCCCC)cc4)c4ccc([nH]4)c(-c4ccc(COCCCCCCCCCCCCCC)cc4)c4nc(c(-c5ccc(COCCCCCCCCCCCCCC)cc5)c5ccc2[nH]5)C=C4)C=C3)cc1. The molecule has 9 rings (SSSR count). The lowest BCUT2D eigenvalue weighted by Gasteiger charge is -2.09. The van der Waals surface area contributed by atoms with Gasteiger partial charge in [-0.2, -0.15) is 0 Å². The lowest BCUT2D eigenvalue weighted by atomic mass is 10.0. The van der Waals surface area contributed by atoms with E-state index in [2.05, 4.69) is 183 Å². The van der Waals surface area contributed by atoms with Gasteiger partial charge in [0.1, 0.15) is 0 Å². The summed E-state index contributed by atoms with van der Waals surface area (Å²) < 4.78 is 25.4. The molecule has 2 aliphatic rings. The van der Waals surface area contributed by atoms with E-state index in [9.17, 15) is 0 Å². The van der Waals surface area contributed by atoms with E-state index < -0.39 is 0 Å². The van der Waals surface area contributed by atoms with Gasteiger partial charge in [-0.1, -0.05) is 407 Å². The number of aromatic amines is 2. The van der Waals surface area contributed by atoms with Crippen molar-refractivity contribution in [3.8, 4) is 44.5 Å². The van der Waals surface area contributed by atoms with Crippen molar-refractivity contribution in [2.45, 2.75) is 362 Å². The standard InChI is InChI=1S/C104H150N4O4/c1-5-9-13-17-21-25-29-33-37-41-45-49-77-109-81-85-53-61-89(62-54-85)101-93-69-71-95(105-93)102(90-63-55-86(56-64-90)82-110-78-50-46-42-38-34-30-26-22-18-14-10-6-2)97-73-75-99(107-97)104(92-67-59-88(60-68-92)84-112-80-52-48-44-40-36-32-28-24-20-16-12-8-4)100-76-74-98(108-100)103(96-72-70-94(101)106-96)91-65-57-87(58-66-91)83-111-79-51-47-43-39-35-31-27-23-19-15-11-7-3/h53-76,105,108H,5-52,77-84H2,1-4H3. The number of ether oxygens (including phenoxy) is 4. The molecular weight excluding hydrogens is 1370 g/mol. The molecule has 0 unspecified atom stereocenters. The molecule has 0 amide bonds. The molecular formula is C104H150N4O4. The van der Waals surface area contributed by atoms with Gasteiger partial charge < -0.3 is 28.9 Å². The van der Waals surface area contributed by atoms with Gasteiger partial charge in [0.25, 0.3) is 0 Å². The molecule has 2 N–H and O–H groups in total. The maximum Gasteiger partial charge on any atom is 0.0737 e. The number of benzene rings is 4. The van der Waals surface area contributed by atoms with Crippen LogP contribution in [0.25, 0.3) is 90.9 Å². The molecule has 2 aliphatic heterocycles. The maximum absolute atomic E-state index is 6.36. The lowest BCUT2D eigenvalue weighted by Crippen LogP contribution is -1.96. The number of rotatable bonds is 64. The second kappa shape index (κ2) is 55.8. The molecule has 8 heteroatoms. The number of hydrogen-bond acceptors (Lipinski definition) is 6. The zero-order valence-electron chi connectivity index (χ0n) is 71.0. The number of aromatic nitrogens is 4. The summed E-state index contributed by atoms with van der Waals surface area (Å²) in [5, 5.41) is 0. The van der Waals surface area contributed by atoms with Crippen molar-refractivity contribution in [1.29, 1.82) is 0 Å². The highest BCUT2D eigenvalue weighted by Gasteiger charge is 2.20. The quantitative estimate of drug-likeness (QED) is 0.0369. The fourth-order valence-electron chi connectivity index (χ4n) is 16.4. The van der Waals surface area contributed by atoms with Crippen LogP contribution in [0.5, 0.6) is 0 Å². The third-order valence-corrected chi connectivity index (χ3v) is 23.4. The number of H-pyrrole nitrogens is 2. The largest absolute Gasteiger partial charge is 0.377 e. The van der Waals surface area contributed by atoms with E-state index in [4.69, 9.17) is 28.9 Å². The van der Waals surface area contributed by atoms with Gasteiger partial charge in [-0.3, -0.25) is 0 Å². The van der Waals surface area contributed by atoms with Crippen LogP contribution in [0.15, 0.2) is 121 Å². The van der Waals surface area contributed by atoms with E-state index >= 15 is 0 Å². The van der Waals surface area contributed by atoms with Gasteiger partial charge in [-0.25, -0.2) is 9.97 Å². The number of unbranched alkanes of at least 4 members (excludes halogenated alkanes) is 44. The minimum atomic E-state index is 0.593. The molecule has 0 fully saturated rings. The van der Waals surface area contributed by atoms with Crippen molar-refractivity contribution in [2.24, 2.45) is 0 Å². The van der Waals surface area contributed by atoms with Crippen LogP contribution >= 0.6 is 0 Å². The molecule has 610 valence electrons. The van der Waals surface area contributed by atoms with Crippen LogP contribution in [0.1, 0.15) is 381 Å². The van der Waals surface area contributed by atoms with Gasteiger partial charge in [0.15, 0.2) is 0 Å². The number of nitrogens with zero attached hydrogens (tertiary/aromatic N) is 2. The molecule has 0 radical (unpaired) electrons. The molecule has 3 aromatic heterocycles. The Balaban J connectivity index is 0.982. The highest BCUT2D eigenvalue weighted by Crippen LogP contribution is 2.40. The van der Waals surface area contributed by atoms with E-state index in [0.717, 1.165) is 141 Å². The first-order valence-corrected chi connectivity index (χ1v) is 46.4. The second-order valence-electron chi connectivity index (χ2n) is 33.1. The Bertz CT molecular complexity index is 3360. The Morgan fingerprint density at radius 2 is 0.357 bits per heavy atom. The van der Waals surface area contributed by atoms with Crippen LogP contribution in [0, 0.1) is 0 Å². The van der Waals surface area contributed by atoms with Crippen molar-refractivity contribution in [2.75, 3.05) is 26.4 Å². The molecule has 112 heavy (non-hydrogen) atoms. The Morgan fingerprint density at radius 1 is 0.196 bits per heavy atom. The molecule has 0 spiro atoms. The van der Waals surface area contributed by atoms with Crippen LogP contribution < -0.4 is 0 Å². The molecule has 0 aliphatic carbocycles. The van der Waals surface area contributed by atoms with Gasteiger partial charge in [-0.15, -0.1) is 0 Å². The highest BCUT2D eigenvalue weighted by molar-refractivity contribution is 6.00. The summed E-state index contributed by atoms with van der Waals surface area (Å²) in [6.07, 6.45) is 73.0. The van der Waals surface area contributed by atoms with E-state index in [1.165, 1.54) is 305 Å².